The molecule has 0 saturated carbocycles. The van der Waals surface area contributed by atoms with E-state index in [2.05, 4.69) is 45.9 Å². The summed E-state index contributed by atoms with van der Waals surface area (Å²) in [4.78, 5) is 0. The summed E-state index contributed by atoms with van der Waals surface area (Å²) in [7, 11) is 0.954. The first-order valence-corrected chi connectivity index (χ1v) is 5.50. The van der Waals surface area contributed by atoms with Gasteiger partial charge in [0.2, 0.25) is 0 Å². The van der Waals surface area contributed by atoms with Crippen LogP contribution in [0.2, 0.25) is 0 Å². The summed E-state index contributed by atoms with van der Waals surface area (Å²) >= 11 is 0. The predicted octanol–water partition coefficient (Wildman–Crippen LogP) is 3.59. The molecule has 1 aromatic rings. The highest BCUT2D eigenvalue weighted by Crippen LogP contribution is 2.18. The summed E-state index contributed by atoms with van der Waals surface area (Å²) in [5, 5.41) is 1.50. The van der Waals surface area contributed by atoms with E-state index in [4.69, 9.17) is 0 Å². The maximum absolute atomic E-state index is 2.30. The van der Waals surface area contributed by atoms with Crippen LogP contribution in [0.3, 0.4) is 0 Å². The van der Waals surface area contributed by atoms with Crippen molar-refractivity contribution in [2.75, 3.05) is 0 Å². The molecule has 74 valence electrons. The topological polar surface area (TPSA) is 0 Å². The molecule has 0 nitrogen and oxygen atoms in total. The Labute approximate surface area is 93.7 Å². The van der Waals surface area contributed by atoms with Crippen molar-refractivity contribution >= 4 is 30.9 Å². The quantitative estimate of drug-likeness (QED) is 0.713. The summed E-state index contributed by atoms with van der Waals surface area (Å²) in [5.41, 5.74) is 3.56. The van der Waals surface area contributed by atoms with Gasteiger partial charge in [-0.05, 0) is 24.8 Å². The first kappa shape index (κ1) is 13.1. The van der Waals surface area contributed by atoms with Crippen molar-refractivity contribution < 1.29 is 0 Å². The van der Waals surface area contributed by atoms with Crippen molar-refractivity contribution in [3.63, 3.8) is 0 Å². The molecule has 0 saturated heterocycles. The van der Waals surface area contributed by atoms with Crippen LogP contribution in [-0.4, -0.2) is 5.66 Å². The molecule has 1 unspecified atom stereocenters. The lowest BCUT2D eigenvalue weighted by Crippen LogP contribution is -2.00. The molecule has 1 aromatic carbocycles. The molecule has 1 atom stereocenters. The Morgan fingerprint density at radius 1 is 1.00 bits per heavy atom. The largest absolute Gasteiger partial charge is 0.114 e. The monoisotopic (exact) mass is 260 g/mol. The van der Waals surface area contributed by atoms with E-state index in [9.17, 15) is 0 Å². The minimum absolute atomic E-state index is 0. The zero-order valence-corrected chi connectivity index (χ0v) is 11.4. The van der Waals surface area contributed by atoms with Gasteiger partial charge in [0.25, 0.3) is 0 Å². The van der Waals surface area contributed by atoms with E-state index >= 15 is 0 Å². The summed E-state index contributed by atoms with van der Waals surface area (Å²) in [6.45, 7) is 8.88. The predicted molar refractivity (Wildman–Crippen MR) is 69.3 cm³/mol. The second-order valence-electron chi connectivity index (χ2n) is 3.68. The van der Waals surface area contributed by atoms with Crippen molar-refractivity contribution in [3.05, 3.63) is 29.3 Å². The zero-order chi connectivity index (χ0) is 9.14. The first-order valence-electron chi connectivity index (χ1n) is 4.43. The SMILES string of the molecule is Br.Cc1cc(C)cc(PC(C)C)c1. The average molecular weight is 261 g/mol. The Morgan fingerprint density at radius 3 is 1.85 bits per heavy atom. The van der Waals surface area contributed by atoms with E-state index in [1.54, 1.807) is 0 Å². The standard InChI is InChI=1S/C11H17P.BrH/c1-8(2)12-11-6-9(3)5-10(4)7-11;/h5-8,12H,1-4H3;1H. The average Bonchev–Trinajstić information content (AvgIpc) is 1.81. The number of aryl methyl sites for hydroxylation is 2. The number of benzene rings is 1. The lowest BCUT2D eigenvalue weighted by Gasteiger charge is -2.07. The molecule has 1 rings (SSSR count). The molecule has 0 bridgehead atoms. The van der Waals surface area contributed by atoms with Gasteiger partial charge in [-0.25, -0.2) is 0 Å². The van der Waals surface area contributed by atoms with E-state index in [0.29, 0.717) is 0 Å². The second kappa shape index (κ2) is 5.78. The molecule has 0 spiro atoms. The number of halogens is 1. The van der Waals surface area contributed by atoms with Gasteiger partial charge in [0.15, 0.2) is 0 Å². The molecular formula is C11H18BrP. The van der Waals surface area contributed by atoms with Gasteiger partial charge in [-0.3, -0.25) is 0 Å². The van der Waals surface area contributed by atoms with Gasteiger partial charge >= 0.3 is 0 Å². The van der Waals surface area contributed by atoms with E-state index < -0.39 is 0 Å². The van der Waals surface area contributed by atoms with E-state index in [0.717, 1.165) is 14.2 Å². The van der Waals surface area contributed by atoms with Crippen LogP contribution in [-0.2, 0) is 0 Å². The Kier molecular flexibility index (Phi) is 5.83. The van der Waals surface area contributed by atoms with Crippen LogP contribution < -0.4 is 5.30 Å². The lowest BCUT2D eigenvalue weighted by atomic mass is 10.2. The zero-order valence-electron chi connectivity index (χ0n) is 8.72. The van der Waals surface area contributed by atoms with Gasteiger partial charge < -0.3 is 0 Å². The normalized spacial score (nSPS) is 10.8. The van der Waals surface area contributed by atoms with Crippen molar-refractivity contribution in [2.24, 2.45) is 0 Å². The first-order chi connectivity index (χ1) is 5.58. The van der Waals surface area contributed by atoms with Crippen LogP contribution in [0.25, 0.3) is 0 Å². The summed E-state index contributed by atoms with van der Waals surface area (Å²) in [6, 6.07) is 6.82. The Balaban J connectivity index is 0.00000144. The molecule has 0 aliphatic heterocycles. The van der Waals surface area contributed by atoms with Crippen LogP contribution in [0.4, 0.5) is 0 Å². The molecule has 0 fully saturated rings. The summed E-state index contributed by atoms with van der Waals surface area (Å²) in [5.74, 6) is 0. The number of hydrogen-bond donors (Lipinski definition) is 0. The van der Waals surface area contributed by atoms with Gasteiger partial charge in [-0.1, -0.05) is 51.8 Å². The molecule has 0 aliphatic carbocycles. The minimum atomic E-state index is 0. The Bertz CT molecular complexity index is 249. The number of hydrogen-bond acceptors (Lipinski definition) is 0. The third-order valence-electron chi connectivity index (χ3n) is 1.68. The highest BCUT2D eigenvalue weighted by Gasteiger charge is 1.98. The highest BCUT2D eigenvalue weighted by molar-refractivity contribution is 8.93. The fourth-order valence-corrected chi connectivity index (χ4v) is 2.68. The Morgan fingerprint density at radius 2 is 1.46 bits per heavy atom. The number of rotatable bonds is 2. The van der Waals surface area contributed by atoms with Crippen molar-refractivity contribution in [2.45, 2.75) is 33.4 Å². The molecule has 0 aliphatic rings. The van der Waals surface area contributed by atoms with E-state index in [1.165, 1.54) is 16.4 Å². The molecule has 0 radical (unpaired) electrons. The molecule has 0 heterocycles. The molecule has 0 N–H and O–H groups in total. The van der Waals surface area contributed by atoms with Crippen molar-refractivity contribution in [1.29, 1.82) is 0 Å². The van der Waals surface area contributed by atoms with E-state index in [1.807, 2.05) is 0 Å². The van der Waals surface area contributed by atoms with Crippen LogP contribution in [0, 0.1) is 13.8 Å². The second-order valence-corrected chi connectivity index (χ2v) is 5.70. The molecule has 0 amide bonds. The molecule has 13 heavy (non-hydrogen) atoms. The van der Waals surface area contributed by atoms with Crippen molar-refractivity contribution in [3.8, 4) is 0 Å². The molecule has 2 heteroatoms. The lowest BCUT2D eigenvalue weighted by molar-refractivity contribution is 1.11. The summed E-state index contributed by atoms with van der Waals surface area (Å²) in [6.07, 6.45) is 0. The van der Waals surface area contributed by atoms with Crippen LogP contribution >= 0.6 is 25.6 Å². The van der Waals surface area contributed by atoms with Gasteiger partial charge in [-0.15, -0.1) is 17.0 Å². The third kappa shape index (κ3) is 4.78. The van der Waals surface area contributed by atoms with Gasteiger partial charge in [-0.2, -0.15) is 0 Å². The van der Waals surface area contributed by atoms with Crippen LogP contribution in [0.1, 0.15) is 25.0 Å². The summed E-state index contributed by atoms with van der Waals surface area (Å²) < 4.78 is 0. The van der Waals surface area contributed by atoms with Gasteiger partial charge in [0, 0.05) is 0 Å². The van der Waals surface area contributed by atoms with E-state index in [-0.39, 0.29) is 17.0 Å². The molecular weight excluding hydrogens is 243 g/mol. The fourth-order valence-electron chi connectivity index (χ4n) is 1.39. The van der Waals surface area contributed by atoms with Crippen LogP contribution in [0.15, 0.2) is 18.2 Å². The van der Waals surface area contributed by atoms with Gasteiger partial charge in [0.05, 0.1) is 0 Å². The highest BCUT2D eigenvalue weighted by atomic mass is 79.9. The van der Waals surface area contributed by atoms with Crippen LogP contribution in [0.5, 0.6) is 0 Å². The Hall–Kier alpha value is 0.130. The maximum Gasteiger partial charge on any atom is -0.0253 e. The van der Waals surface area contributed by atoms with Gasteiger partial charge in [0.1, 0.15) is 0 Å². The smallest absolute Gasteiger partial charge is 0.0253 e. The minimum Gasteiger partial charge on any atom is -0.114 e. The molecule has 0 aromatic heterocycles. The van der Waals surface area contributed by atoms with Crippen molar-refractivity contribution in [1.82, 2.24) is 0 Å². The maximum atomic E-state index is 2.30. The fraction of sp³-hybridized carbons (Fsp3) is 0.455. The third-order valence-corrected chi connectivity index (χ3v) is 2.88.